The number of hydrogen-bond donors (Lipinski definition) is 2. The van der Waals surface area contributed by atoms with Crippen LogP contribution in [0, 0.1) is 0 Å². The van der Waals surface area contributed by atoms with Gasteiger partial charge in [0.2, 0.25) is 11.7 Å². The highest BCUT2D eigenvalue weighted by molar-refractivity contribution is 7.80. The van der Waals surface area contributed by atoms with Gasteiger partial charge in [-0.25, -0.2) is 0 Å². The van der Waals surface area contributed by atoms with E-state index in [1.165, 1.54) is 0 Å². The minimum Gasteiger partial charge on any atom is -0.493 e. The molecule has 9 heteroatoms. The van der Waals surface area contributed by atoms with Gasteiger partial charge in [0.15, 0.2) is 16.6 Å². The van der Waals surface area contributed by atoms with Gasteiger partial charge in [0, 0.05) is 38.4 Å². The Labute approximate surface area is 200 Å². The number of para-hydroxylation sites is 1. The van der Waals surface area contributed by atoms with Crippen LogP contribution < -0.4 is 24.8 Å². The molecule has 1 heterocycles. The Hall–Kier alpha value is -3.04. The maximum Gasteiger partial charge on any atom is 0.238 e. The SMILES string of the molecule is COc1cc(CNC(=S)N2CCCN(CC(=O)Nc3ccccc3)CC2)cc(OC)c1OC. The molecular weight excluding hydrogens is 440 g/mol. The van der Waals surface area contributed by atoms with Crippen LogP contribution in [0.15, 0.2) is 42.5 Å². The van der Waals surface area contributed by atoms with Crippen molar-refractivity contribution in [3.63, 3.8) is 0 Å². The van der Waals surface area contributed by atoms with E-state index in [2.05, 4.69) is 20.4 Å². The van der Waals surface area contributed by atoms with E-state index in [1.54, 1.807) is 21.3 Å². The van der Waals surface area contributed by atoms with Gasteiger partial charge in [0.1, 0.15) is 0 Å². The first-order valence-electron chi connectivity index (χ1n) is 10.9. The summed E-state index contributed by atoms with van der Waals surface area (Å²) in [6.07, 6.45) is 0.935. The van der Waals surface area contributed by atoms with Crippen molar-refractivity contribution in [1.82, 2.24) is 15.1 Å². The lowest BCUT2D eigenvalue weighted by Crippen LogP contribution is -2.42. The number of carbonyl (C=O) groups is 1. The Bertz CT molecular complexity index is 916. The summed E-state index contributed by atoms with van der Waals surface area (Å²) in [5, 5.41) is 6.97. The molecule has 178 valence electrons. The standard InChI is InChI=1S/C24H32N4O4S/c1-30-20-14-18(15-21(31-2)23(20)32-3)16-25-24(33)28-11-7-10-27(12-13-28)17-22(29)26-19-8-5-4-6-9-19/h4-6,8-9,14-15H,7,10-13,16-17H2,1-3H3,(H,25,33)(H,26,29). The smallest absolute Gasteiger partial charge is 0.238 e. The summed E-state index contributed by atoms with van der Waals surface area (Å²) < 4.78 is 16.2. The number of amides is 1. The fraction of sp³-hybridized carbons (Fsp3) is 0.417. The molecule has 33 heavy (non-hydrogen) atoms. The molecule has 1 saturated heterocycles. The van der Waals surface area contributed by atoms with Crippen LogP contribution in [-0.4, -0.2) is 74.9 Å². The minimum absolute atomic E-state index is 0.00208. The van der Waals surface area contributed by atoms with Crippen molar-refractivity contribution in [3.8, 4) is 17.2 Å². The number of thiocarbonyl (C=S) groups is 1. The molecule has 0 spiro atoms. The molecule has 1 aliphatic rings. The molecule has 1 fully saturated rings. The first-order chi connectivity index (χ1) is 16.0. The number of hydrogen-bond acceptors (Lipinski definition) is 6. The summed E-state index contributed by atoms with van der Waals surface area (Å²) in [7, 11) is 4.78. The highest BCUT2D eigenvalue weighted by Crippen LogP contribution is 2.38. The topological polar surface area (TPSA) is 75.3 Å². The predicted molar refractivity (Wildman–Crippen MR) is 133 cm³/mol. The normalized spacial score (nSPS) is 14.2. The quantitative estimate of drug-likeness (QED) is 0.568. The van der Waals surface area contributed by atoms with Crippen LogP contribution in [0.4, 0.5) is 5.69 Å². The molecule has 0 unspecified atom stereocenters. The predicted octanol–water partition coefficient (Wildman–Crippen LogP) is 2.73. The molecule has 1 amide bonds. The molecule has 8 nitrogen and oxygen atoms in total. The van der Waals surface area contributed by atoms with Gasteiger partial charge in [0.05, 0.1) is 27.9 Å². The van der Waals surface area contributed by atoms with Crippen molar-refractivity contribution in [2.24, 2.45) is 0 Å². The zero-order valence-electron chi connectivity index (χ0n) is 19.4. The minimum atomic E-state index is -0.00208. The molecule has 2 aromatic rings. The molecule has 0 aromatic heterocycles. The Morgan fingerprint density at radius 2 is 1.67 bits per heavy atom. The fourth-order valence-electron chi connectivity index (χ4n) is 3.78. The third-order valence-corrected chi connectivity index (χ3v) is 5.87. The summed E-state index contributed by atoms with van der Waals surface area (Å²) in [6.45, 7) is 4.14. The van der Waals surface area contributed by atoms with E-state index >= 15 is 0 Å². The second kappa shape index (κ2) is 12.3. The second-order valence-electron chi connectivity index (χ2n) is 7.72. The number of rotatable bonds is 8. The highest BCUT2D eigenvalue weighted by Gasteiger charge is 2.19. The van der Waals surface area contributed by atoms with Gasteiger partial charge in [-0.3, -0.25) is 9.69 Å². The molecule has 1 aliphatic heterocycles. The van der Waals surface area contributed by atoms with Crippen LogP contribution in [0.25, 0.3) is 0 Å². The van der Waals surface area contributed by atoms with Crippen molar-refractivity contribution in [1.29, 1.82) is 0 Å². The van der Waals surface area contributed by atoms with E-state index in [1.807, 2.05) is 42.5 Å². The monoisotopic (exact) mass is 472 g/mol. The highest BCUT2D eigenvalue weighted by atomic mass is 32.1. The second-order valence-corrected chi connectivity index (χ2v) is 8.11. The fourth-order valence-corrected chi connectivity index (χ4v) is 4.04. The van der Waals surface area contributed by atoms with Crippen molar-refractivity contribution in [3.05, 3.63) is 48.0 Å². The van der Waals surface area contributed by atoms with E-state index in [0.29, 0.717) is 35.5 Å². The van der Waals surface area contributed by atoms with E-state index in [-0.39, 0.29) is 5.91 Å². The van der Waals surface area contributed by atoms with E-state index in [4.69, 9.17) is 26.4 Å². The molecule has 3 rings (SSSR count). The Morgan fingerprint density at radius 1 is 0.970 bits per heavy atom. The summed E-state index contributed by atoms with van der Waals surface area (Å²) in [6, 6.07) is 13.3. The van der Waals surface area contributed by atoms with Gasteiger partial charge < -0.3 is 29.7 Å². The lowest BCUT2D eigenvalue weighted by atomic mass is 10.2. The van der Waals surface area contributed by atoms with Crippen LogP contribution >= 0.6 is 12.2 Å². The van der Waals surface area contributed by atoms with Crippen LogP contribution in [-0.2, 0) is 11.3 Å². The largest absolute Gasteiger partial charge is 0.493 e. The molecule has 2 N–H and O–H groups in total. The first kappa shape index (κ1) is 24.6. The summed E-state index contributed by atoms with van der Waals surface area (Å²) in [5.74, 6) is 1.78. The molecule has 0 saturated carbocycles. The molecule has 0 atom stereocenters. The summed E-state index contributed by atoms with van der Waals surface area (Å²) in [4.78, 5) is 16.7. The van der Waals surface area contributed by atoms with E-state index < -0.39 is 0 Å². The number of anilines is 1. The summed E-state index contributed by atoms with van der Waals surface area (Å²) >= 11 is 5.65. The van der Waals surface area contributed by atoms with Crippen molar-refractivity contribution < 1.29 is 19.0 Å². The Kier molecular flexibility index (Phi) is 9.14. The lowest BCUT2D eigenvalue weighted by Gasteiger charge is -2.25. The Morgan fingerprint density at radius 3 is 2.30 bits per heavy atom. The maximum atomic E-state index is 12.4. The van der Waals surface area contributed by atoms with Crippen LogP contribution in [0.3, 0.4) is 0 Å². The third-order valence-electron chi connectivity index (χ3n) is 5.47. The molecule has 0 aliphatic carbocycles. The first-order valence-corrected chi connectivity index (χ1v) is 11.3. The van der Waals surface area contributed by atoms with Gasteiger partial charge in [-0.05, 0) is 48.5 Å². The number of ether oxygens (including phenoxy) is 3. The van der Waals surface area contributed by atoms with Gasteiger partial charge in [-0.1, -0.05) is 18.2 Å². The number of methoxy groups -OCH3 is 3. The maximum absolute atomic E-state index is 12.4. The van der Waals surface area contributed by atoms with Gasteiger partial charge in [-0.2, -0.15) is 0 Å². The van der Waals surface area contributed by atoms with Crippen molar-refractivity contribution in [2.75, 3.05) is 59.4 Å². The number of nitrogens with one attached hydrogen (secondary N) is 2. The summed E-state index contributed by atoms with van der Waals surface area (Å²) in [5.41, 5.74) is 1.79. The molecule has 2 aromatic carbocycles. The lowest BCUT2D eigenvalue weighted by molar-refractivity contribution is -0.117. The van der Waals surface area contributed by atoms with Gasteiger partial charge in [-0.15, -0.1) is 0 Å². The zero-order chi connectivity index (χ0) is 23.6. The average molecular weight is 473 g/mol. The average Bonchev–Trinajstić information content (AvgIpc) is 3.07. The van der Waals surface area contributed by atoms with E-state index in [0.717, 1.165) is 43.9 Å². The zero-order valence-corrected chi connectivity index (χ0v) is 20.2. The Balaban J connectivity index is 1.50. The molecule has 0 radical (unpaired) electrons. The molecule has 0 bridgehead atoms. The van der Waals surface area contributed by atoms with E-state index in [9.17, 15) is 4.79 Å². The van der Waals surface area contributed by atoms with Crippen LogP contribution in [0.1, 0.15) is 12.0 Å². The molecular formula is C24H32N4O4S. The number of nitrogens with zero attached hydrogens (tertiary/aromatic N) is 2. The van der Waals surface area contributed by atoms with Crippen molar-refractivity contribution in [2.45, 2.75) is 13.0 Å². The third kappa shape index (κ3) is 6.97. The number of benzene rings is 2. The van der Waals surface area contributed by atoms with Gasteiger partial charge in [0.25, 0.3) is 0 Å². The van der Waals surface area contributed by atoms with Crippen LogP contribution in [0.2, 0.25) is 0 Å². The van der Waals surface area contributed by atoms with Crippen LogP contribution in [0.5, 0.6) is 17.2 Å². The number of carbonyl (C=O) groups excluding carboxylic acids is 1. The van der Waals surface area contributed by atoms with Gasteiger partial charge >= 0.3 is 0 Å². The van der Waals surface area contributed by atoms with Crippen molar-refractivity contribution >= 4 is 28.9 Å².